The maximum Gasteiger partial charge on any atom is 0.459 e. The highest BCUT2D eigenvalue weighted by Crippen LogP contribution is 2.28. The molecule has 0 aliphatic carbocycles. The first-order valence-corrected chi connectivity index (χ1v) is 3.87. The second kappa shape index (κ2) is 2.70. The van der Waals surface area contributed by atoms with E-state index in [1.165, 1.54) is 0 Å². The minimum absolute atomic E-state index is 0.00845. The van der Waals surface area contributed by atoms with Gasteiger partial charge in [0, 0.05) is 17.9 Å². The molecule has 1 heterocycles. The third-order valence-corrected chi connectivity index (χ3v) is 2.24. The first-order valence-electron chi connectivity index (χ1n) is 2.96. The molecule has 0 bridgehead atoms. The molecule has 0 unspecified atom stereocenters. The van der Waals surface area contributed by atoms with Crippen molar-refractivity contribution in [3.63, 3.8) is 0 Å². The minimum atomic E-state index is -4.14. The molecule has 1 atom stereocenters. The summed E-state index contributed by atoms with van der Waals surface area (Å²) in [6.07, 6.45) is -3.55. The van der Waals surface area contributed by atoms with Crippen LogP contribution in [0.5, 0.6) is 0 Å². The van der Waals surface area contributed by atoms with E-state index in [1.807, 2.05) is 0 Å². The zero-order valence-corrected chi connectivity index (χ0v) is 6.74. The summed E-state index contributed by atoms with van der Waals surface area (Å²) in [5, 5.41) is 0. The van der Waals surface area contributed by atoms with Crippen LogP contribution in [-0.4, -0.2) is 29.1 Å². The fourth-order valence-electron chi connectivity index (χ4n) is 0.948. The van der Waals surface area contributed by atoms with Crippen LogP contribution >= 0.6 is 15.9 Å². The normalized spacial score (nSPS) is 29.4. The van der Waals surface area contributed by atoms with Gasteiger partial charge in [0.2, 0.25) is 0 Å². The smallest absolute Gasteiger partial charge is 0.213 e. The first-order chi connectivity index (χ1) is 4.50. The minimum Gasteiger partial charge on any atom is -0.213 e. The van der Waals surface area contributed by atoms with E-state index in [0.717, 1.165) is 0 Å². The molecule has 1 aliphatic rings. The molecule has 0 radical (unpaired) electrons. The van der Waals surface area contributed by atoms with Crippen molar-refractivity contribution in [1.29, 1.82) is 0 Å². The van der Waals surface area contributed by atoms with Crippen molar-refractivity contribution >= 4 is 15.9 Å². The van der Waals surface area contributed by atoms with Gasteiger partial charge in [0.25, 0.3) is 0 Å². The Kier molecular flexibility index (Phi) is 2.24. The van der Waals surface area contributed by atoms with Crippen LogP contribution in [0.25, 0.3) is 0 Å². The van der Waals surface area contributed by atoms with Crippen molar-refractivity contribution in [3.8, 4) is 0 Å². The zero-order chi connectivity index (χ0) is 7.78. The van der Waals surface area contributed by atoms with E-state index >= 15 is 0 Å². The molecule has 0 aromatic carbocycles. The summed E-state index contributed by atoms with van der Waals surface area (Å²) in [7, 11) is 0. The fraction of sp³-hybridized carbons (Fsp3) is 1.00. The standard InChI is InChI=1S/C5H7BrF3N/c6-4-1-2-10(3-4)5(7,8)9/h4H,1-3H2/t4-/m1/s1. The summed E-state index contributed by atoms with van der Waals surface area (Å²) in [6, 6.07) is 0. The van der Waals surface area contributed by atoms with Gasteiger partial charge in [0.15, 0.2) is 0 Å². The van der Waals surface area contributed by atoms with Crippen molar-refractivity contribution in [2.45, 2.75) is 17.5 Å². The van der Waals surface area contributed by atoms with Crippen LogP contribution in [-0.2, 0) is 0 Å². The van der Waals surface area contributed by atoms with Gasteiger partial charge in [-0.15, -0.1) is 0 Å². The molecule has 1 rings (SSSR count). The highest BCUT2D eigenvalue weighted by Gasteiger charge is 2.40. The maximum atomic E-state index is 11.8. The SMILES string of the molecule is FC(F)(F)N1CC[C@@H](Br)C1. The van der Waals surface area contributed by atoms with Crippen molar-refractivity contribution in [3.05, 3.63) is 0 Å². The summed E-state index contributed by atoms with van der Waals surface area (Å²) in [5.74, 6) is 0. The van der Waals surface area contributed by atoms with Gasteiger partial charge in [-0.05, 0) is 6.42 Å². The summed E-state index contributed by atoms with van der Waals surface area (Å²) in [6.45, 7) is 0.211. The van der Waals surface area contributed by atoms with Gasteiger partial charge < -0.3 is 0 Å². The Bertz CT molecular complexity index is 125. The Labute approximate surface area is 65.3 Å². The molecule has 0 saturated carbocycles. The van der Waals surface area contributed by atoms with Crippen molar-refractivity contribution in [1.82, 2.24) is 4.90 Å². The molecule has 0 aromatic rings. The molecule has 0 aromatic heterocycles. The molecule has 60 valence electrons. The number of halogens is 4. The number of hydrogen-bond donors (Lipinski definition) is 0. The third kappa shape index (κ3) is 1.85. The molecular formula is C5H7BrF3N. The molecule has 1 saturated heterocycles. The lowest BCUT2D eigenvalue weighted by atomic mass is 10.4. The Morgan fingerprint density at radius 2 is 2.00 bits per heavy atom. The molecule has 1 aliphatic heterocycles. The van der Waals surface area contributed by atoms with Gasteiger partial charge in [-0.2, -0.15) is 13.2 Å². The van der Waals surface area contributed by atoms with Crippen LogP contribution in [0.15, 0.2) is 0 Å². The second-order valence-electron chi connectivity index (χ2n) is 2.30. The zero-order valence-electron chi connectivity index (χ0n) is 5.16. The summed E-state index contributed by atoms with van der Waals surface area (Å²) in [4.78, 5) is 0.529. The van der Waals surface area contributed by atoms with Crippen molar-refractivity contribution in [2.24, 2.45) is 0 Å². The molecule has 1 fully saturated rings. The average Bonchev–Trinajstić information content (AvgIpc) is 2.11. The van der Waals surface area contributed by atoms with Crippen LogP contribution in [0.2, 0.25) is 0 Å². The van der Waals surface area contributed by atoms with Gasteiger partial charge in [0.1, 0.15) is 0 Å². The molecule has 10 heavy (non-hydrogen) atoms. The lowest BCUT2D eigenvalue weighted by Crippen LogP contribution is -2.35. The topological polar surface area (TPSA) is 3.24 Å². The van der Waals surface area contributed by atoms with Crippen molar-refractivity contribution in [2.75, 3.05) is 13.1 Å². The number of likely N-dealkylation sites (tertiary alicyclic amines) is 1. The summed E-state index contributed by atoms with van der Waals surface area (Å²) in [5.41, 5.74) is 0. The number of rotatable bonds is 0. The number of alkyl halides is 4. The predicted molar refractivity (Wildman–Crippen MR) is 35.0 cm³/mol. The van der Waals surface area contributed by atoms with Gasteiger partial charge in [-0.25, -0.2) is 4.90 Å². The quantitative estimate of drug-likeness (QED) is 0.443. The van der Waals surface area contributed by atoms with Crippen molar-refractivity contribution < 1.29 is 13.2 Å². The Morgan fingerprint density at radius 3 is 2.20 bits per heavy atom. The van der Waals surface area contributed by atoms with E-state index in [1.54, 1.807) is 0 Å². The maximum absolute atomic E-state index is 11.8. The number of nitrogens with zero attached hydrogens (tertiary/aromatic N) is 1. The van der Waals surface area contributed by atoms with E-state index in [4.69, 9.17) is 0 Å². The summed E-state index contributed by atoms with van der Waals surface area (Å²) >= 11 is 3.13. The summed E-state index contributed by atoms with van der Waals surface area (Å²) < 4.78 is 35.5. The Balaban J connectivity index is 2.45. The Hall–Kier alpha value is 0.230. The highest BCUT2D eigenvalue weighted by atomic mass is 79.9. The molecule has 0 amide bonds. The molecular weight excluding hydrogens is 211 g/mol. The van der Waals surface area contributed by atoms with Gasteiger partial charge in [-0.3, -0.25) is 0 Å². The molecule has 0 N–H and O–H groups in total. The van der Waals surface area contributed by atoms with Crippen LogP contribution in [0.3, 0.4) is 0 Å². The first kappa shape index (κ1) is 8.33. The lowest BCUT2D eigenvalue weighted by Gasteiger charge is -2.17. The number of hydrogen-bond acceptors (Lipinski definition) is 1. The van der Waals surface area contributed by atoms with Gasteiger partial charge >= 0.3 is 6.30 Å². The third-order valence-electron chi connectivity index (χ3n) is 1.49. The lowest BCUT2D eigenvalue weighted by molar-refractivity contribution is -0.237. The van der Waals surface area contributed by atoms with Crippen LogP contribution in [0, 0.1) is 0 Å². The average molecular weight is 218 g/mol. The van der Waals surface area contributed by atoms with E-state index in [0.29, 0.717) is 11.3 Å². The second-order valence-corrected chi connectivity index (χ2v) is 3.59. The Morgan fingerprint density at radius 1 is 1.40 bits per heavy atom. The van der Waals surface area contributed by atoms with Crippen LogP contribution < -0.4 is 0 Å². The van der Waals surface area contributed by atoms with E-state index in [-0.39, 0.29) is 17.9 Å². The van der Waals surface area contributed by atoms with E-state index in [9.17, 15) is 13.2 Å². The molecule has 0 spiro atoms. The van der Waals surface area contributed by atoms with E-state index in [2.05, 4.69) is 15.9 Å². The predicted octanol–water partition coefficient (Wildman–Crippen LogP) is 1.98. The van der Waals surface area contributed by atoms with Crippen LogP contribution in [0.4, 0.5) is 13.2 Å². The van der Waals surface area contributed by atoms with E-state index < -0.39 is 6.30 Å². The fourth-order valence-corrected chi connectivity index (χ4v) is 1.50. The molecule has 1 nitrogen and oxygen atoms in total. The molecule has 5 heteroatoms. The van der Waals surface area contributed by atoms with Gasteiger partial charge in [-0.1, -0.05) is 15.9 Å². The highest BCUT2D eigenvalue weighted by molar-refractivity contribution is 9.09. The van der Waals surface area contributed by atoms with Gasteiger partial charge in [0.05, 0.1) is 0 Å². The largest absolute Gasteiger partial charge is 0.459 e. The van der Waals surface area contributed by atoms with Crippen LogP contribution in [0.1, 0.15) is 6.42 Å². The monoisotopic (exact) mass is 217 g/mol.